The molecule has 1 rings (SSSR count). The van der Waals surface area contributed by atoms with Crippen LogP contribution in [0.4, 0.5) is 0 Å². The largest absolute Gasteiger partial charge is 0.597 e. The van der Waals surface area contributed by atoms with Crippen LogP contribution in [0.15, 0.2) is 24.3 Å². The van der Waals surface area contributed by atoms with E-state index >= 15 is 0 Å². The third-order valence-electron chi connectivity index (χ3n) is 4.20. The Hall–Kier alpha value is -1.25. The van der Waals surface area contributed by atoms with Crippen LogP contribution in [0.3, 0.4) is 0 Å². The molecule has 0 fully saturated rings. The highest BCUT2D eigenvalue weighted by Gasteiger charge is 2.35. The van der Waals surface area contributed by atoms with E-state index in [0.717, 1.165) is 12.0 Å². The lowest BCUT2D eigenvalue weighted by molar-refractivity contribution is -0.640. The Balaban J connectivity index is 2.45. The van der Waals surface area contributed by atoms with E-state index in [1.54, 1.807) is 0 Å². The summed E-state index contributed by atoms with van der Waals surface area (Å²) in [5, 5.41) is 0. The zero-order valence-electron chi connectivity index (χ0n) is 16.6. The van der Waals surface area contributed by atoms with Crippen molar-refractivity contribution >= 4 is 16.9 Å². The molecule has 1 aromatic carbocycles. The average molecular weight is 401 g/mol. The number of aryl methyl sites for hydroxylation is 1. The monoisotopic (exact) mass is 400 g/mol. The highest BCUT2D eigenvalue weighted by molar-refractivity contribution is 7.88. The number of hydrogen-bond acceptors (Lipinski definition) is 4. The number of hydrogen-bond donors (Lipinski definition) is 1. The van der Waals surface area contributed by atoms with Crippen LogP contribution in [0, 0.1) is 0 Å². The van der Waals surface area contributed by atoms with Crippen LogP contribution < -0.4 is 10.6 Å². The van der Waals surface area contributed by atoms with Gasteiger partial charge in [0.2, 0.25) is 0 Å². The van der Waals surface area contributed by atoms with Gasteiger partial charge in [0.1, 0.15) is 23.5 Å². The molecule has 27 heavy (non-hydrogen) atoms. The molecule has 153 valence electrons. The lowest BCUT2D eigenvalue weighted by Crippen LogP contribution is -2.53. The minimum atomic E-state index is -4.03. The summed E-state index contributed by atoms with van der Waals surface area (Å²) in [4.78, 5) is 0. The summed E-state index contributed by atoms with van der Waals surface area (Å²) < 4.78 is 36.3. The first-order valence-electron chi connectivity index (χ1n) is 9.73. The molecule has 0 saturated carbocycles. The molecule has 7 heteroatoms. The smallest absolute Gasteiger partial charge is 0.490 e. The Morgan fingerprint density at radius 3 is 2.44 bits per heavy atom. The van der Waals surface area contributed by atoms with Crippen molar-refractivity contribution < 1.29 is 27.9 Å². The molecule has 1 radical (unpaired) electrons. The number of rotatable bonds is 15. The maximum atomic E-state index is 11.0. The lowest BCUT2D eigenvalue weighted by Gasteiger charge is -2.10. The van der Waals surface area contributed by atoms with Crippen molar-refractivity contribution in [2.75, 3.05) is 13.2 Å². The molecule has 0 aromatic heterocycles. The van der Waals surface area contributed by atoms with Crippen molar-refractivity contribution in [1.29, 1.82) is 0 Å². The van der Waals surface area contributed by atoms with E-state index in [-0.39, 0.29) is 13.2 Å². The fraction of sp³-hybridized carbons (Fsp3) is 0.600. The van der Waals surface area contributed by atoms with Crippen molar-refractivity contribution in [3.8, 4) is 5.75 Å². The molecule has 0 saturated heterocycles. The van der Waals surface area contributed by atoms with Gasteiger partial charge in [-0.3, -0.25) is 0 Å². The minimum absolute atomic E-state index is 0.101. The van der Waals surface area contributed by atoms with Gasteiger partial charge in [-0.15, -0.1) is 4.18 Å². The normalized spacial score (nSPS) is 13.8. The molecule has 0 aliphatic rings. The van der Waals surface area contributed by atoms with E-state index in [1.165, 1.54) is 50.5 Å². The Bertz CT molecular complexity index is 606. The standard InChI is InChI=1S/C20H34NO5S/c1-3-5-6-7-8-9-10-12-18-13-14-20(19(17-18)11-4-2)24-15-16-25-27(22,23)26-21/h4,11,13-14,17H,3,5-10,12,15-16H2,1-2,21H3/q+2/b11-4+. The van der Waals surface area contributed by atoms with Crippen molar-refractivity contribution in [2.45, 2.75) is 65.2 Å². The number of ether oxygens (including phenoxy) is 1. The van der Waals surface area contributed by atoms with Crippen LogP contribution in [0.2, 0.25) is 0 Å². The summed E-state index contributed by atoms with van der Waals surface area (Å²) in [5.74, 6) is 3.53. The third-order valence-corrected chi connectivity index (χ3v) is 4.95. The van der Waals surface area contributed by atoms with Gasteiger partial charge in [-0.25, -0.2) is 0 Å². The molecule has 3 N–H and O–H groups in total. The predicted molar refractivity (Wildman–Crippen MR) is 107 cm³/mol. The van der Waals surface area contributed by atoms with Crippen LogP contribution >= 0.6 is 0 Å². The quantitative estimate of drug-likeness (QED) is 0.270. The van der Waals surface area contributed by atoms with Gasteiger partial charge in [-0.1, -0.05) is 63.7 Å². The maximum Gasteiger partial charge on any atom is 0.597 e. The molecule has 0 spiro atoms. The van der Waals surface area contributed by atoms with E-state index in [1.807, 2.05) is 25.1 Å². The molecule has 0 aliphatic carbocycles. The molecule has 6 nitrogen and oxygen atoms in total. The van der Waals surface area contributed by atoms with Crippen LogP contribution in [0.5, 0.6) is 5.75 Å². The van der Waals surface area contributed by atoms with Gasteiger partial charge in [0.15, 0.2) is 0 Å². The molecule has 0 heterocycles. The summed E-state index contributed by atoms with van der Waals surface area (Å²) in [6.07, 6.45) is 14.1. The van der Waals surface area contributed by atoms with Crippen molar-refractivity contribution in [3.63, 3.8) is 0 Å². The van der Waals surface area contributed by atoms with Gasteiger partial charge < -0.3 is 4.74 Å². The third kappa shape index (κ3) is 10.6. The average Bonchev–Trinajstić information content (AvgIpc) is 2.66. The second kappa shape index (κ2) is 13.8. The highest BCUT2D eigenvalue weighted by atomic mass is 32.3. The highest BCUT2D eigenvalue weighted by Crippen LogP contribution is 2.23. The van der Waals surface area contributed by atoms with Crippen molar-refractivity contribution in [3.05, 3.63) is 35.4 Å². The Labute approximate surface area is 164 Å². The maximum absolute atomic E-state index is 11.0. The number of benzene rings is 1. The molecule has 1 unspecified atom stereocenters. The summed E-state index contributed by atoms with van der Waals surface area (Å²) in [6.45, 7) is 4.16. The number of quaternary nitrogens is 1. The topological polar surface area (TPSA) is 92.3 Å². The second-order valence-electron chi connectivity index (χ2n) is 6.44. The molecule has 1 atom stereocenters. The summed E-state index contributed by atoms with van der Waals surface area (Å²) in [5.41, 5.74) is 2.27. The molecule has 0 amide bonds. The van der Waals surface area contributed by atoms with E-state index in [9.17, 15) is 8.76 Å². The van der Waals surface area contributed by atoms with Crippen LogP contribution in [-0.4, -0.2) is 13.2 Å². The molecule has 1 aromatic rings. The van der Waals surface area contributed by atoms with Gasteiger partial charge in [0.25, 0.3) is 0 Å². The Kier molecular flexibility index (Phi) is 12.2. The van der Waals surface area contributed by atoms with Gasteiger partial charge >= 0.3 is 10.8 Å². The minimum Gasteiger partial charge on any atom is -0.490 e. The van der Waals surface area contributed by atoms with Crippen molar-refractivity contribution in [1.82, 2.24) is 0 Å². The molecular formula is C20H34NO5S+2. The Morgan fingerprint density at radius 2 is 1.78 bits per heavy atom. The fourth-order valence-corrected chi connectivity index (χ4v) is 3.14. The van der Waals surface area contributed by atoms with Gasteiger partial charge in [0, 0.05) is 9.77 Å². The molecule has 0 aliphatic heterocycles. The van der Waals surface area contributed by atoms with E-state index in [2.05, 4.69) is 33.4 Å². The van der Waals surface area contributed by atoms with E-state index < -0.39 is 10.8 Å². The number of unbranched alkanes of at least 4 members (excludes halogenated alkanes) is 6. The number of allylic oxidation sites excluding steroid dienone is 1. The summed E-state index contributed by atoms with van der Waals surface area (Å²) >= 11 is 0. The van der Waals surface area contributed by atoms with Crippen molar-refractivity contribution in [2.24, 2.45) is 0 Å². The van der Waals surface area contributed by atoms with E-state index in [0.29, 0.717) is 5.75 Å². The van der Waals surface area contributed by atoms with Gasteiger partial charge in [-0.05, 0) is 37.5 Å². The van der Waals surface area contributed by atoms with Gasteiger partial charge in [-0.2, -0.15) is 5.90 Å². The predicted octanol–water partition coefficient (Wildman–Crippen LogP) is 4.26. The first-order valence-corrected chi connectivity index (χ1v) is 11.1. The first kappa shape index (κ1) is 23.8. The second-order valence-corrected chi connectivity index (χ2v) is 7.73. The molecular weight excluding hydrogens is 366 g/mol. The van der Waals surface area contributed by atoms with Crippen LogP contribution in [-0.2, 0) is 34.4 Å². The van der Waals surface area contributed by atoms with Crippen LogP contribution in [0.25, 0.3) is 6.08 Å². The summed E-state index contributed by atoms with van der Waals surface area (Å²) in [7, 11) is -4.03. The summed E-state index contributed by atoms with van der Waals surface area (Å²) in [6, 6.07) is 6.12. The fourth-order valence-electron chi connectivity index (χ4n) is 2.80. The van der Waals surface area contributed by atoms with Gasteiger partial charge in [0.05, 0.1) is 4.28 Å². The van der Waals surface area contributed by atoms with Crippen LogP contribution in [0.1, 0.15) is 69.9 Å². The Morgan fingerprint density at radius 1 is 1.07 bits per heavy atom. The first-order chi connectivity index (χ1) is 13.0. The SMILES string of the molecule is C/C=C/c1cc(CCCCCCCCC)ccc1OCCO[S+]([O])(=O)O[NH3+]. The van der Waals surface area contributed by atoms with E-state index in [4.69, 9.17) is 4.74 Å². The zero-order chi connectivity index (χ0) is 20.0. The molecule has 0 bridgehead atoms. The zero-order valence-corrected chi connectivity index (χ0v) is 17.4. The lowest BCUT2D eigenvalue weighted by atomic mass is 10.0.